The molecule has 3 rings (SSSR count). The van der Waals surface area contributed by atoms with E-state index < -0.39 is 34.7 Å². The Morgan fingerprint density at radius 3 is 2.00 bits per heavy atom. The van der Waals surface area contributed by atoms with Crippen LogP contribution < -0.4 is 5.14 Å². The normalized spacial score (nSPS) is 17.3. The van der Waals surface area contributed by atoms with E-state index in [1.54, 1.807) is 0 Å². The van der Waals surface area contributed by atoms with Crippen molar-refractivity contribution in [2.45, 2.75) is 23.7 Å². The first-order valence-electron chi connectivity index (χ1n) is 7.01. The van der Waals surface area contributed by atoms with Crippen LogP contribution in [-0.4, -0.2) is 19.3 Å². The van der Waals surface area contributed by atoms with Crippen LogP contribution in [0.4, 0.5) is 13.2 Å². The largest absolute Gasteiger partial charge is 0.256 e. The van der Waals surface area contributed by atoms with Crippen LogP contribution in [0.15, 0.2) is 47.5 Å². The van der Waals surface area contributed by atoms with Crippen molar-refractivity contribution in [3.63, 3.8) is 0 Å². The number of nitrogens with zero attached hydrogens (tertiary/aromatic N) is 1. The molecule has 126 valence electrons. The lowest BCUT2D eigenvalue weighted by molar-refractivity contribution is 0.0187. The minimum absolute atomic E-state index is 0.0957. The summed E-state index contributed by atoms with van der Waals surface area (Å²) in [6.45, 7) is 0. The smallest absolute Gasteiger partial charge is 0.228 e. The number of primary sulfonamides is 1. The molecule has 0 atom stereocenters. The third-order valence-electron chi connectivity index (χ3n) is 3.84. The number of nitrogens with two attached hydrogens (primary N) is 1. The van der Waals surface area contributed by atoms with Crippen molar-refractivity contribution in [1.82, 2.24) is 4.98 Å². The number of alkyl halides is 2. The van der Waals surface area contributed by atoms with E-state index in [1.807, 2.05) is 0 Å². The molecule has 0 amide bonds. The molecule has 0 bridgehead atoms. The molecule has 1 heterocycles. The second-order valence-corrected chi connectivity index (χ2v) is 7.17. The van der Waals surface area contributed by atoms with Gasteiger partial charge >= 0.3 is 0 Å². The van der Waals surface area contributed by atoms with Crippen molar-refractivity contribution in [2.24, 2.45) is 5.14 Å². The number of rotatable bonds is 3. The van der Waals surface area contributed by atoms with E-state index in [-0.39, 0.29) is 4.90 Å². The standard InChI is InChI=1S/C16H13F3N2O2S/c17-15-6-3-11(9-21-15)14-8-16(18,19)7-13(14)10-1-4-12(5-2-10)24(20,22)23/h1-6,9H,7-8H2,(H2,20,22,23). The van der Waals surface area contributed by atoms with Crippen molar-refractivity contribution in [2.75, 3.05) is 0 Å². The maximum absolute atomic E-state index is 13.9. The summed E-state index contributed by atoms with van der Waals surface area (Å²) >= 11 is 0. The van der Waals surface area contributed by atoms with Gasteiger partial charge in [0.05, 0.1) is 4.90 Å². The summed E-state index contributed by atoms with van der Waals surface area (Å²) in [4.78, 5) is 3.41. The summed E-state index contributed by atoms with van der Waals surface area (Å²) in [5.41, 5.74) is 1.64. The Bertz CT molecular complexity index is 905. The summed E-state index contributed by atoms with van der Waals surface area (Å²) in [6.07, 6.45) is 0.256. The van der Waals surface area contributed by atoms with Crippen LogP contribution in [0.2, 0.25) is 0 Å². The van der Waals surface area contributed by atoms with Gasteiger partial charge in [0.2, 0.25) is 16.0 Å². The molecule has 0 radical (unpaired) electrons. The van der Waals surface area contributed by atoms with Crippen LogP contribution in [0, 0.1) is 5.95 Å². The van der Waals surface area contributed by atoms with Crippen molar-refractivity contribution in [1.29, 1.82) is 0 Å². The van der Waals surface area contributed by atoms with E-state index in [4.69, 9.17) is 5.14 Å². The molecule has 0 aliphatic heterocycles. The highest BCUT2D eigenvalue weighted by Crippen LogP contribution is 2.47. The monoisotopic (exact) mass is 354 g/mol. The Kier molecular flexibility index (Phi) is 3.97. The number of benzene rings is 1. The summed E-state index contributed by atoms with van der Waals surface area (Å²) in [7, 11) is -3.85. The van der Waals surface area contributed by atoms with Crippen molar-refractivity contribution in [3.05, 3.63) is 59.7 Å². The fraction of sp³-hybridized carbons (Fsp3) is 0.188. The van der Waals surface area contributed by atoms with Crippen LogP contribution in [0.3, 0.4) is 0 Å². The predicted molar refractivity (Wildman–Crippen MR) is 83.0 cm³/mol. The van der Waals surface area contributed by atoms with Crippen LogP contribution in [0.1, 0.15) is 24.0 Å². The highest BCUT2D eigenvalue weighted by atomic mass is 32.2. The molecule has 1 aliphatic rings. The van der Waals surface area contributed by atoms with Crippen LogP contribution in [0.5, 0.6) is 0 Å². The molecule has 0 unspecified atom stereocenters. The molecular formula is C16H13F3N2O2S. The molecule has 0 fully saturated rings. The molecule has 1 aromatic heterocycles. The topological polar surface area (TPSA) is 73.1 Å². The van der Waals surface area contributed by atoms with Gasteiger partial charge < -0.3 is 0 Å². The van der Waals surface area contributed by atoms with Gasteiger partial charge in [0.25, 0.3) is 5.92 Å². The first-order valence-corrected chi connectivity index (χ1v) is 8.55. The lowest BCUT2D eigenvalue weighted by atomic mass is 9.98. The number of aromatic nitrogens is 1. The van der Waals surface area contributed by atoms with Gasteiger partial charge in [0, 0.05) is 19.0 Å². The van der Waals surface area contributed by atoms with Crippen molar-refractivity contribution in [3.8, 4) is 0 Å². The molecule has 0 saturated heterocycles. The molecule has 2 N–H and O–H groups in total. The predicted octanol–water partition coefficient (Wildman–Crippen LogP) is 3.21. The second kappa shape index (κ2) is 5.71. The number of halogens is 3. The van der Waals surface area contributed by atoms with Gasteiger partial charge in [-0.2, -0.15) is 4.39 Å². The minimum atomic E-state index is -3.85. The molecule has 24 heavy (non-hydrogen) atoms. The zero-order valence-corrected chi connectivity index (χ0v) is 13.2. The second-order valence-electron chi connectivity index (χ2n) is 5.61. The molecule has 1 aromatic carbocycles. The number of hydrogen-bond donors (Lipinski definition) is 1. The van der Waals surface area contributed by atoms with Crippen LogP contribution in [0.25, 0.3) is 11.1 Å². The maximum Gasteiger partial charge on any atom is 0.256 e. The van der Waals surface area contributed by atoms with Gasteiger partial charge in [-0.3, -0.25) is 0 Å². The number of sulfonamides is 1. The van der Waals surface area contributed by atoms with E-state index in [2.05, 4.69) is 4.98 Å². The highest BCUT2D eigenvalue weighted by Gasteiger charge is 2.40. The van der Waals surface area contributed by atoms with Gasteiger partial charge in [-0.1, -0.05) is 12.1 Å². The van der Waals surface area contributed by atoms with Crippen LogP contribution >= 0.6 is 0 Å². The summed E-state index contributed by atoms with van der Waals surface area (Å²) < 4.78 is 63.4. The Balaban J connectivity index is 2.07. The average molecular weight is 354 g/mol. The first-order chi connectivity index (χ1) is 11.2. The lowest BCUT2D eigenvalue weighted by Crippen LogP contribution is -2.12. The van der Waals surface area contributed by atoms with E-state index in [0.29, 0.717) is 22.3 Å². The molecule has 8 heteroatoms. The molecule has 0 saturated carbocycles. The van der Waals surface area contributed by atoms with Gasteiger partial charge in [-0.05, 0) is 46.5 Å². The van der Waals surface area contributed by atoms with E-state index in [0.717, 1.165) is 6.07 Å². The SMILES string of the molecule is NS(=O)(=O)c1ccc(C2=C(c3ccc(F)nc3)CC(F)(F)C2)cc1. The zero-order chi connectivity index (χ0) is 17.5. The Labute approximate surface area is 136 Å². The van der Waals surface area contributed by atoms with E-state index in [1.165, 1.54) is 36.5 Å². The Morgan fingerprint density at radius 2 is 1.50 bits per heavy atom. The van der Waals surface area contributed by atoms with Crippen LogP contribution in [-0.2, 0) is 10.0 Å². The fourth-order valence-electron chi connectivity index (χ4n) is 2.75. The molecule has 2 aromatic rings. The van der Waals surface area contributed by atoms with E-state index in [9.17, 15) is 21.6 Å². The fourth-order valence-corrected chi connectivity index (χ4v) is 3.26. The Hall–Kier alpha value is -2.19. The summed E-state index contributed by atoms with van der Waals surface area (Å²) in [5, 5.41) is 5.03. The summed E-state index contributed by atoms with van der Waals surface area (Å²) in [6, 6.07) is 7.93. The average Bonchev–Trinajstić information content (AvgIpc) is 2.83. The van der Waals surface area contributed by atoms with E-state index >= 15 is 0 Å². The van der Waals surface area contributed by atoms with Gasteiger partial charge in [-0.15, -0.1) is 0 Å². The quantitative estimate of drug-likeness (QED) is 0.860. The first kappa shape index (κ1) is 16.7. The Morgan fingerprint density at radius 1 is 0.958 bits per heavy atom. The molecule has 1 aliphatic carbocycles. The molecule has 0 spiro atoms. The van der Waals surface area contributed by atoms with Gasteiger partial charge in [-0.25, -0.2) is 27.3 Å². The molecular weight excluding hydrogens is 341 g/mol. The third-order valence-corrected chi connectivity index (χ3v) is 4.77. The zero-order valence-electron chi connectivity index (χ0n) is 12.3. The summed E-state index contributed by atoms with van der Waals surface area (Å²) in [5.74, 6) is -3.61. The lowest BCUT2D eigenvalue weighted by Gasteiger charge is -2.08. The van der Waals surface area contributed by atoms with Gasteiger partial charge in [0.15, 0.2) is 0 Å². The van der Waals surface area contributed by atoms with Gasteiger partial charge in [0.1, 0.15) is 0 Å². The number of allylic oxidation sites excluding steroid dienone is 2. The maximum atomic E-state index is 13.9. The highest BCUT2D eigenvalue weighted by molar-refractivity contribution is 7.89. The number of hydrogen-bond acceptors (Lipinski definition) is 3. The van der Waals surface area contributed by atoms with Crippen molar-refractivity contribution < 1.29 is 21.6 Å². The van der Waals surface area contributed by atoms with Crippen molar-refractivity contribution >= 4 is 21.2 Å². The number of pyridine rings is 1. The third kappa shape index (κ3) is 3.34. The molecule has 4 nitrogen and oxygen atoms in total. The minimum Gasteiger partial charge on any atom is -0.228 e.